The molecule has 5 heteroatoms. The molecule has 0 aliphatic rings. The summed E-state index contributed by atoms with van der Waals surface area (Å²) in [6.45, 7) is 6.28. The minimum atomic E-state index is -3.50. The molecule has 21 heavy (non-hydrogen) atoms. The van der Waals surface area contributed by atoms with E-state index in [1.54, 1.807) is 12.1 Å². The molecule has 1 rings (SSSR count). The number of hydrogen-bond donors (Lipinski definition) is 1. The molecule has 0 unspecified atom stereocenters. The minimum Gasteiger partial charge on any atom is -0.313 e. The summed E-state index contributed by atoms with van der Waals surface area (Å²) < 4.78 is 26.3. The van der Waals surface area contributed by atoms with Crippen molar-refractivity contribution in [1.82, 2.24) is 9.62 Å². The van der Waals surface area contributed by atoms with E-state index in [0.717, 1.165) is 31.5 Å². The van der Waals surface area contributed by atoms with Gasteiger partial charge < -0.3 is 5.32 Å². The molecular weight excluding hydrogens is 284 g/mol. The molecule has 0 saturated carbocycles. The van der Waals surface area contributed by atoms with Crippen molar-refractivity contribution in [3.05, 3.63) is 29.8 Å². The molecule has 0 radical (unpaired) electrons. The molecule has 0 bridgehead atoms. The third-order valence-electron chi connectivity index (χ3n) is 3.06. The number of sulfonamides is 1. The molecule has 0 spiro atoms. The Morgan fingerprint density at radius 2 is 1.86 bits per heavy atom. The maximum atomic E-state index is 12.5. The molecule has 1 N–H and O–H groups in total. The fourth-order valence-electron chi connectivity index (χ4n) is 1.97. The van der Waals surface area contributed by atoms with Crippen LogP contribution in [0.25, 0.3) is 0 Å². The smallest absolute Gasteiger partial charge is 0.243 e. The molecule has 0 saturated heterocycles. The predicted octanol–water partition coefficient (Wildman–Crippen LogP) is 2.22. The highest BCUT2D eigenvalue weighted by Crippen LogP contribution is 2.16. The van der Waals surface area contributed by atoms with E-state index >= 15 is 0 Å². The van der Waals surface area contributed by atoms with Crippen LogP contribution in [0.2, 0.25) is 0 Å². The zero-order chi connectivity index (χ0) is 15.7. The summed E-state index contributed by atoms with van der Waals surface area (Å²) in [7, 11) is -3.50. The summed E-state index contributed by atoms with van der Waals surface area (Å²) in [6, 6.07) is 6.99. The van der Waals surface area contributed by atoms with E-state index in [1.165, 1.54) is 4.31 Å². The lowest BCUT2D eigenvalue weighted by atomic mass is 10.2. The maximum absolute atomic E-state index is 12.5. The van der Waals surface area contributed by atoms with Crippen molar-refractivity contribution in [3.63, 3.8) is 0 Å². The highest BCUT2D eigenvalue weighted by molar-refractivity contribution is 7.89. The van der Waals surface area contributed by atoms with Crippen molar-refractivity contribution in [3.8, 4) is 12.3 Å². The monoisotopic (exact) mass is 308 g/mol. The summed E-state index contributed by atoms with van der Waals surface area (Å²) in [5, 5.41) is 3.29. The molecule has 0 aromatic heterocycles. The first-order valence-electron chi connectivity index (χ1n) is 7.29. The van der Waals surface area contributed by atoms with Gasteiger partial charge in [0, 0.05) is 13.1 Å². The molecule has 4 nitrogen and oxygen atoms in total. The van der Waals surface area contributed by atoms with Crippen LogP contribution in [0.4, 0.5) is 0 Å². The van der Waals surface area contributed by atoms with Crippen molar-refractivity contribution in [2.75, 3.05) is 19.6 Å². The average Bonchev–Trinajstić information content (AvgIpc) is 2.48. The fraction of sp³-hybridized carbons (Fsp3) is 0.500. The second kappa shape index (κ2) is 8.83. The SMILES string of the molecule is C#CCN(CCC)S(=O)(=O)c1ccc(CNCCC)cc1. The molecule has 1 aromatic rings. The number of hydrogen-bond acceptors (Lipinski definition) is 3. The van der Waals surface area contributed by atoms with Gasteiger partial charge in [-0.05, 0) is 37.1 Å². The summed E-state index contributed by atoms with van der Waals surface area (Å²) in [5.74, 6) is 2.41. The fourth-order valence-corrected chi connectivity index (χ4v) is 3.42. The van der Waals surface area contributed by atoms with Gasteiger partial charge in [-0.1, -0.05) is 31.9 Å². The van der Waals surface area contributed by atoms with E-state index in [9.17, 15) is 8.42 Å². The van der Waals surface area contributed by atoms with Crippen LogP contribution >= 0.6 is 0 Å². The lowest BCUT2D eigenvalue weighted by Crippen LogP contribution is -2.32. The van der Waals surface area contributed by atoms with Gasteiger partial charge in [0.25, 0.3) is 0 Å². The van der Waals surface area contributed by atoms with Crippen LogP contribution in [0.5, 0.6) is 0 Å². The zero-order valence-electron chi connectivity index (χ0n) is 12.8. The van der Waals surface area contributed by atoms with Gasteiger partial charge in [-0.2, -0.15) is 4.31 Å². The largest absolute Gasteiger partial charge is 0.313 e. The quantitative estimate of drug-likeness (QED) is 0.562. The first kappa shape index (κ1) is 17.7. The van der Waals surface area contributed by atoms with E-state index < -0.39 is 10.0 Å². The van der Waals surface area contributed by atoms with Crippen LogP contribution in [-0.2, 0) is 16.6 Å². The van der Waals surface area contributed by atoms with Crippen molar-refractivity contribution >= 4 is 10.0 Å². The van der Waals surface area contributed by atoms with Gasteiger partial charge in [-0.25, -0.2) is 8.42 Å². The van der Waals surface area contributed by atoms with Gasteiger partial charge >= 0.3 is 0 Å². The summed E-state index contributed by atoms with van der Waals surface area (Å²) in [5.41, 5.74) is 1.07. The molecule has 0 atom stereocenters. The van der Waals surface area contributed by atoms with Crippen molar-refractivity contribution in [2.45, 2.75) is 38.1 Å². The first-order valence-corrected chi connectivity index (χ1v) is 8.73. The summed E-state index contributed by atoms with van der Waals surface area (Å²) >= 11 is 0. The number of benzene rings is 1. The van der Waals surface area contributed by atoms with E-state index in [-0.39, 0.29) is 6.54 Å². The minimum absolute atomic E-state index is 0.107. The Labute approximate surface area is 128 Å². The van der Waals surface area contributed by atoms with Gasteiger partial charge in [-0.3, -0.25) is 0 Å². The Morgan fingerprint density at radius 1 is 1.19 bits per heavy atom. The van der Waals surface area contributed by atoms with Crippen LogP contribution in [0.15, 0.2) is 29.2 Å². The highest BCUT2D eigenvalue weighted by atomic mass is 32.2. The van der Waals surface area contributed by atoms with Crippen LogP contribution in [-0.4, -0.2) is 32.4 Å². The van der Waals surface area contributed by atoms with Crippen molar-refractivity contribution in [2.24, 2.45) is 0 Å². The van der Waals surface area contributed by atoms with Crippen LogP contribution in [0, 0.1) is 12.3 Å². The Morgan fingerprint density at radius 3 is 2.38 bits per heavy atom. The Bertz CT molecular complexity index is 559. The molecule has 0 aliphatic carbocycles. The highest BCUT2D eigenvalue weighted by Gasteiger charge is 2.22. The second-order valence-corrected chi connectivity index (χ2v) is 6.80. The van der Waals surface area contributed by atoms with Crippen molar-refractivity contribution in [1.29, 1.82) is 0 Å². The number of nitrogens with zero attached hydrogens (tertiary/aromatic N) is 1. The predicted molar refractivity (Wildman–Crippen MR) is 86.3 cm³/mol. The van der Waals surface area contributed by atoms with E-state index in [1.807, 2.05) is 19.1 Å². The van der Waals surface area contributed by atoms with Crippen molar-refractivity contribution < 1.29 is 8.42 Å². The molecular formula is C16H24N2O2S. The lowest BCUT2D eigenvalue weighted by molar-refractivity contribution is 0.445. The number of nitrogens with one attached hydrogen (secondary N) is 1. The summed E-state index contributed by atoms with van der Waals surface area (Å²) in [6.07, 6.45) is 7.07. The number of rotatable bonds is 9. The molecule has 1 aromatic carbocycles. The third kappa shape index (κ3) is 5.16. The molecule has 0 aliphatic heterocycles. The summed E-state index contributed by atoms with van der Waals surface area (Å²) in [4.78, 5) is 0.297. The van der Waals surface area contributed by atoms with Gasteiger partial charge in [0.15, 0.2) is 0 Å². The van der Waals surface area contributed by atoms with Gasteiger partial charge in [0.2, 0.25) is 10.0 Å². The molecule has 116 valence electrons. The molecule has 0 fully saturated rings. The van der Waals surface area contributed by atoms with Crippen LogP contribution < -0.4 is 5.32 Å². The Kier molecular flexibility index (Phi) is 7.44. The standard InChI is InChI=1S/C16H24N2O2S/c1-4-11-17-14-15-7-9-16(10-8-15)21(19,20)18(12-5-2)13-6-3/h2,7-10,17H,4,6,11-14H2,1,3H3. The van der Waals surface area contributed by atoms with Crippen LogP contribution in [0.1, 0.15) is 32.3 Å². The molecule has 0 heterocycles. The lowest BCUT2D eigenvalue weighted by Gasteiger charge is -2.19. The number of terminal acetylenes is 1. The Balaban J connectivity index is 2.85. The Hall–Kier alpha value is -1.35. The van der Waals surface area contributed by atoms with Gasteiger partial charge in [0.1, 0.15) is 0 Å². The van der Waals surface area contributed by atoms with E-state index in [0.29, 0.717) is 11.4 Å². The normalized spacial score (nSPS) is 11.5. The first-order chi connectivity index (χ1) is 10.1. The maximum Gasteiger partial charge on any atom is 0.243 e. The average molecular weight is 308 g/mol. The van der Waals surface area contributed by atoms with Crippen LogP contribution in [0.3, 0.4) is 0 Å². The zero-order valence-corrected chi connectivity index (χ0v) is 13.6. The van der Waals surface area contributed by atoms with E-state index in [4.69, 9.17) is 6.42 Å². The van der Waals surface area contributed by atoms with Gasteiger partial charge in [-0.15, -0.1) is 6.42 Å². The van der Waals surface area contributed by atoms with Gasteiger partial charge in [0.05, 0.1) is 11.4 Å². The third-order valence-corrected chi connectivity index (χ3v) is 4.92. The van der Waals surface area contributed by atoms with E-state index in [2.05, 4.69) is 18.2 Å². The topological polar surface area (TPSA) is 49.4 Å². The molecule has 0 amide bonds. The second-order valence-electron chi connectivity index (χ2n) is 4.86.